The second kappa shape index (κ2) is 8.85. The Balaban J connectivity index is 2.34. The fraction of sp³-hybridized carbons (Fsp3) is 0.133. The highest BCUT2D eigenvalue weighted by atomic mass is 127. The number of phenols is 1. The molecule has 0 radical (unpaired) electrons. The number of aliphatic carboxylic acids is 1. The van der Waals surface area contributed by atoms with Crippen LogP contribution >= 0.6 is 90.4 Å². The van der Waals surface area contributed by atoms with Crippen molar-refractivity contribution in [3.05, 3.63) is 44.1 Å². The van der Waals surface area contributed by atoms with Crippen molar-refractivity contribution in [2.24, 2.45) is 5.73 Å². The van der Waals surface area contributed by atoms with Crippen molar-refractivity contribution in [1.82, 2.24) is 0 Å². The van der Waals surface area contributed by atoms with Crippen molar-refractivity contribution < 1.29 is 19.7 Å². The van der Waals surface area contributed by atoms with E-state index in [2.05, 4.69) is 90.4 Å². The number of ether oxygens (including phenoxy) is 1. The van der Waals surface area contributed by atoms with E-state index in [4.69, 9.17) is 15.6 Å². The third kappa shape index (κ3) is 5.20. The van der Waals surface area contributed by atoms with Gasteiger partial charge in [0, 0.05) is 3.57 Å². The number of aromatic hydroxyl groups is 1. The maximum Gasteiger partial charge on any atom is 0.320 e. The van der Waals surface area contributed by atoms with Crippen molar-refractivity contribution in [3.63, 3.8) is 0 Å². The molecule has 0 saturated heterocycles. The van der Waals surface area contributed by atoms with Crippen LogP contribution in [0.15, 0.2) is 24.3 Å². The number of carboxylic acids is 1. The summed E-state index contributed by atoms with van der Waals surface area (Å²) in [4.78, 5) is 10.9. The largest absolute Gasteiger partial charge is 0.504 e. The molecule has 24 heavy (non-hydrogen) atoms. The monoisotopic (exact) mass is 777 g/mol. The Bertz CT molecular complexity index is 774. The number of halogens is 4. The molecule has 0 aliphatic carbocycles. The fourth-order valence-electron chi connectivity index (χ4n) is 1.90. The Morgan fingerprint density at radius 1 is 1.08 bits per heavy atom. The molecular weight excluding hydrogens is 766 g/mol. The highest BCUT2D eigenvalue weighted by Crippen LogP contribution is 2.39. The summed E-state index contributed by atoms with van der Waals surface area (Å²) in [6, 6.07) is 6.37. The van der Waals surface area contributed by atoms with E-state index >= 15 is 0 Å². The minimum Gasteiger partial charge on any atom is -0.504 e. The third-order valence-electron chi connectivity index (χ3n) is 3.04. The van der Waals surface area contributed by atoms with Crippen LogP contribution in [0.1, 0.15) is 5.56 Å². The lowest BCUT2D eigenvalue weighted by atomic mass is 10.1. The number of benzene rings is 2. The van der Waals surface area contributed by atoms with Gasteiger partial charge in [0.1, 0.15) is 6.04 Å². The summed E-state index contributed by atoms with van der Waals surface area (Å²) >= 11 is 8.47. The van der Waals surface area contributed by atoms with Crippen LogP contribution in [-0.4, -0.2) is 22.2 Å². The van der Waals surface area contributed by atoms with Crippen LogP contribution < -0.4 is 10.5 Å². The molecule has 0 amide bonds. The summed E-state index contributed by atoms with van der Waals surface area (Å²) in [7, 11) is 0. The summed E-state index contributed by atoms with van der Waals surface area (Å²) in [6.45, 7) is 0. The zero-order chi connectivity index (χ0) is 18.0. The van der Waals surface area contributed by atoms with Crippen molar-refractivity contribution in [3.8, 4) is 17.2 Å². The SMILES string of the molecule is N[C@@H](Cc1cc(I)c(Oc2cc(I)cc(I)c2O)c(I)c1)C(=O)O. The van der Waals surface area contributed by atoms with Gasteiger partial charge in [-0.2, -0.15) is 0 Å². The Morgan fingerprint density at radius 2 is 1.67 bits per heavy atom. The maximum absolute atomic E-state index is 10.9. The average molecular weight is 777 g/mol. The fourth-order valence-corrected chi connectivity index (χ4v) is 5.81. The molecule has 0 fully saturated rings. The molecule has 2 rings (SSSR count). The smallest absolute Gasteiger partial charge is 0.320 e. The summed E-state index contributed by atoms with van der Waals surface area (Å²) < 4.78 is 9.23. The van der Waals surface area contributed by atoms with Crippen molar-refractivity contribution in [1.29, 1.82) is 0 Å². The Kier molecular flexibility index (Phi) is 7.64. The van der Waals surface area contributed by atoms with Gasteiger partial charge >= 0.3 is 5.97 Å². The minimum absolute atomic E-state index is 0.0968. The van der Waals surface area contributed by atoms with Crippen LogP contribution in [-0.2, 0) is 11.2 Å². The zero-order valence-electron chi connectivity index (χ0n) is 11.9. The molecule has 0 unspecified atom stereocenters. The molecule has 2 aromatic rings. The van der Waals surface area contributed by atoms with Gasteiger partial charge in [-0.1, -0.05) is 0 Å². The highest BCUT2D eigenvalue weighted by Gasteiger charge is 2.17. The first kappa shape index (κ1) is 20.7. The second-order valence-corrected chi connectivity index (χ2v) is 9.61. The van der Waals surface area contributed by atoms with E-state index in [1.165, 1.54) is 0 Å². The first-order chi connectivity index (χ1) is 11.2. The van der Waals surface area contributed by atoms with Crippen LogP contribution in [0.25, 0.3) is 0 Å². The van der Waals surface area contributed by atoms with Crippen molar-refractivity contribution in [2.45, 2.75) is 12.5 Å². The maximum atomic E-state index is 10.9. The number of rotatable bonds is 5. The van der Waals surface area contributed by atoms with Crippen LogP contribution in [0.2, 0.25) is 0 Å². The lowest BCUT2D eigenvalue weighted by Gasteiger charge is -2.15. The lowest BCUT2D eigenvalue weighted by Crippen LogP contribution is -2.32. The predicted octanol–water partition coefficient (Wildman–Crippen LogP) is 4.56. The van der Waals surface area contributed by atoms with Gasteiger partial charge in [0.05, 0.1) is 10.7 Å². The molecule has 0 aliphatic rings. The quantitative estimate of drug-likeness (QED) is 0.388. The van der Waals surface area contributed by atoms with E-state index < -0.39 is 12.0 Å². The summed E-state index contributed by atoms with van der Waals surface area (Å²) in [6.07, 6.45) is 0.244. The molecule has 2 aromatic carbocycles. The van der Waals surface area contributed by atoms with Crippen molar-refractivity contribution in [2.75, 3.05) is 0 Å². The molecule has 0 aliphatic heterocycles. The van der Waals surface area contributed by atoms with E-state index in [0.29, 0.717) is 15.1 Å². The van der Waals surface area contributed by atoms with Crippen molar-refractivity contribution >= 4 is 96.3 Å². The van der Waals surface area contributed by atoms with Gasteiger partial charge in [0.25, 0.3) is 0 Å². The molecule has 4 N–H and O–H groups in total. The number of phenolic OH excluding ortho intramolecular Hbond substituents is 1. The summed E-state index contributed by atoms with van der Waals surface area (Å²) in [5, 5.41) is 19.1. The molecule has 0 aromatic heterocycles. The summed E-state index contributed by atoms with van der Waals surface area (Å²) in [5.41, 5.74) is 6.42. The van der Waals surface area contributed by atoms with E-state index in [1.54, 1.807) is 6.07 Å². The number of hydrogen-bond acceptors (Lipinski definition) is 4. The third-order valence-corrected chi connectivity index (χ3v) is 6.08. The molecule has 0 saturated carbocycles. The van der Waals surface area contributed by atoms with Gasteiger partial charge in [-0.15, -0.1) is 0 Å². The number of nitrogens with two attached hydrogens (primary N) is 1. The van der Waals surface area contributed by atoms with Gasteiger partial charge in [0.2, 0.25) is 0 Å². The first-order valence-corrected chi connectivity index (χ1v) is 10.8. The van der Waals surface area contributed by atoms with Gasteiger partial charge in [0.15, 0.2) is 17.2 Å². The molecule has 5 nitrogen and oxygen atoms in total. The van der Waals surface area contributed by atoms with E-state index in [0.717, 1.165) is 16.3 Å². The minimum atomic E-state index is -1.03. The van der Waals surface area contributed by atoms with Gasteiger partial charge in [-0.25, -0.2) is 0 Å². The zero-order valence-corrected chi connectivity index (χ0v) is 20.5. The predicted molar refractivity (Wildman–Crippen MR) is 125 cm³/mol. The molecule has 9 heteroatoms. The molecular formula is C15H11I4NO4. The highest BCUT2D eigenvalue weighted by molar-refractivity contribution is 14.1. The molecule has 128 valence electrons. The van der Waals surface area contributed by atoms with Gasteiger partial charge in [-0.05, 0) is 127 Å². The topological polar surface area (TPSA) is 92.8 Å². The standard InChI is InChI=1S/C15H11I4NO4/c16-7-4-8(17)13(21)12(5-7)24-14-9(18)1-6(2-10(14)19)3-11(20)15(22)23/h1-2,4-5,11,21H,3,20H2,(H,22,23)/t11-/m0/s1. The molecule has 0 spiro atoms. The van der Waals surface area contributed by atoms with Gasteiger partial charge in [-0.3, -0.25) is 4.79 Å². The first-order valence-electron chi connectivity index (χ1n) is 6.51. The molecule has 0 heterocycles. The lowest BCUT2D eigenvalue weighted by molar-refractivity contribution is -0.138. The average Bonchev–Trinajstić information content (AvgIpc) is 2.47. The van der Waals surface area contributed by atoms with E-state index in [9.17, 15) is 9.90 Å². The second-order valence-electron chi connectivity index (χ2n) is 4.87. The van der Waals surface area contributed by atoms with E-state index in [1.807, 2.05) is 18.2 Å². The summed E-state index contributed by atoms with van der Waals surface area (Å²) in [5.74, 6) is 0.0763. The van der Waals surface area contributed by atoms with Crippen LogP contribution in [0.3, 0.4) is 0 Å². The Morgan fingerprint density at radius 3 is 2.21 bits per heavy atom. The normalized spacial score (nSPS) is 12.0. The molecule has 1 atom stereocenters. The molecule has 0 bridgehead atoms. The van der Waals surface area contributed by atoms with Crippen LogP contribution in [0.4, 0.5) is 0 Å². The number of hydrogen-bond donors (Lipinski definition) is 3. The Labute approximate surface area is 193 Å². The van der Waals surface area contributed by atoms with Gasteiger partial charge < -0.3 is 20.7 Å². The van der Waals surface area contributed by atoms with Crippen LogP contribution in [0.5, 0.6) is 17.2 Å². The number of carbonyl (C=O) groups is 1. The van der Waals surface area contributed by atoms with E-state index in [-0.39, 0.29) is 12.2 Å². The Hall–Kier alpha value is 0.390. The van der Waals surface area contributed by atoms with Crippen LogP contribution in [0, 0.1) is 14.3 Å². The number of carboxylic acid groups (broad SMARTS) is 1.